The molecule has 0 bridgehead atoms. The minimum absolute atomic E-state index is 0.0685. The summed E-state index contributed by atoms with van der Waals surface area (Å²) in [6.07, 6.45) is -5.21. The van der Waals surface area contributed by atoms with Gasteiger partial charge in [-0.05, 0) is 23.6 Å². The lowest BCUT2D eigenvalue weighted by Crippen LogP contribution is -2.28. The van der Waals surface area contributed by atoms with Crippen molar-refractivity contribution in [2.45, 2.75) is 32.5 Å². The molecule has 0 aliphatic heterocycles. The minimum atomic E-state index is -4.47. The Kier molecular flexibility index (Phi) is 5.02. The number of hydrogen-bond donors (Lipinski definition) is 1. The molecule has 2 nitrogen and oxygen atoms in total. The Morgan fingerprint density at radius 2 is 2.06 bits per heavy atom. The average Bonchev–Trinajstić information content (AvgIpc) is 2.25. The van der Waals surface area contributed by atoms with Gasteiger partial charge in [0, 0.05) is 11.6 Å². The highest BCUT2D eigenvalue weighted by atomic mass is 35.5. The van der Waals surface area contributed by atoms with E-state index >= 15 is 0 Å². The SMILES string of the molecule is CCc1cc(CNC(=O)CC(F)(F)F)ccc1Cl. The highest BCUT2D eigenvalue weighted by Gasteiger charge is 2.30. The zero-order valence-corrected chi connectivity index (χ0v) is 10.5. The van der Waals surface area contributed by atoms with E-state index in [2.05, 4.69) is 5.32 Å². The molecule has 0 aromatic heterocycles. The van der Waals surface area contributed by atoms with Crippen LogP contribution in [0.4, 0.5) is 13.2 Å². The van der Waals surface area contributed by atoms with Crippen LogP contribution in [-0.4, -0.2) is 12.1 Å². The largest absolute Gasteiger partial charge is 0.397 e. The molecule has 6 heteroatoms. The van der Waals surface area contributed by atoms with Crippen LogP contribution < -0.4 is 5.32 Å². The van der Waals surface area contributed by atoms with Crippen molar-refractivity contribution in [2.75, 3.05) is 0 Å². The summed E-state index contributed by atoms with van der Waals surface area (Å²) in [5.41, 5.74) is 1.63. The Morgan fingerprint density at radius 1 is 1.39 bits per heavy atom. The Morgan fingerprint density at radius 3 is 2.61 bits per heavy atom. The third-order valence-corrected chi connectivity index (χ3v) is 2.71. The molecule has 0 fully saturated rings. The predicted molar refractivity (Wildman–Crippen MR) is 63.3 cm³/mol. The first kappa shape index (κ1) is 14.8. The van der Waals surface area contributed by atoms with Gasteiger partial charge in [-0.2, -0.15) is 13.2 Å². The predicted octanol–water partition coefficient (Wildman–Crippen LogP) is 3.47. The van der Waals surface area contributed by atoms with E-state index in [-0.39, 0.29) is 6.54 Å². The molecule has 1 aromatic carbocycles. The highest BCUT2D eigenvalue weighted by Crippen LogP contribution is 2.20. The van der Waals surface area contributed by atoms with E-state index in [1.807, 2.05) is 6.92 Å². The fourth-order valence-electron chi connectivity index (χ4n) is 1.45. The second-order valence-corrected chi connectivity index (χ2v) is 4.26. The molecule has 100 valence electrons. The summed E-state index contributed by atoms with van der Waals surface area (Å²) in [5, 5.41) is 2.84. The Bertz CT molecular complexity index is 432. The first-order valence-corrected chi connectivity index (χ1v) is 5.80. The molecule has 0 saturated heterocycles. The number of benzene rings is 1. The van der Waals surface area contributed by atoms with Crippen molar-refractivity contribution >= 4 is 17.5 Å². The summed E-state index contributed by atoms with van der Waals surface area (Å²) in [7, 11) is 0. The molecule has 0 radical (unpaired) electrons. The van der Waals surface area contributed by atoms with E-state index in [9.17, 15) is 18.0 Å². The van der Waals surface area contributed by atoms with Crippen LogP contribution in [0.3, 0.4) is 0 Å². The van der Waals surface area contributed by atoms with Crippen LogP contribution in [-0.2, 0) is 17.8 Å². The second kappa shape index (κ2) is 6.09. The number of aryl methyl sites for hydroxylation is 1. The van der Waals surface area contributed by atoms with Crippen molar-refractivity contribution in [3.8, 4) is 0 Å². The maximum absolute atomic E-state index is 11.9. The van der Waals surface area contributed by atoms with Gasteiger partial charge in [0.15, 0.2) is 0 Å². The molecule has 1 amide bonds. The first-order valence-electron chi connectivity index (χ1n) is 5.42. The van der Waals surface area contributed by atoms with Crippen LogP contribution >= 0.6 is 11.6 Å². The topological polar surface area (TPSA) is 29.1 Å². The van der Waals surface area contributed by atoms with Crippen LogP contribution in [0.5, 0.6) is 0 Å². The fourth-order valence-corrected chi connectivity index (χ4v) is 1.71. The highest BCUT2D eigenvalue weighted by molar-refractivity contribution is 6.31. The van der Waals surface area contributed by atoms with Gasteiger partial charge in [-0.3, -0.25) is 4.79 Å². The maximum atomic E-state index is 11.9. The van der Waals surface area contributed by atoms with Gasteiger partial charge in [-0.25, -0.2) is 0 Å². The summed E-state index contributed by atoms with van der Waals surface area (Å²) >= 11 is 5.91. The van der Waals surface area contributed by atoms with Crippen LogP contribution in [0.25, 0.3) is 0 Å². The van der Waals surface area contributed by atoms with Gasteiger partial charge in [0.1, 0.15) is 6.42 Å². The molecule has 1 rings (SSSR count). The Hall–Kier alpha value is -1.23. The number of hydrogen-bond acceptors (Lipinski definition) is 1. The molecule has 0 unspecified atom stereocenters. The lowest BCUT2D eigenvalue weighted by atomic mass is 10.1. The number of amides is 1. The molecule has 0 spiro atoms. The summed E-state index contributed by atoms with van der Waals surface area (Å²) in [6, 6.07) is 5.12. The van der Waals surface area contributed by atoms with Crippen LogP contribution in [0.15, 0.2) is 18.2 Å². The van der Waals surface area contributed by atoms with Gasteiger partial charge in [0.05, 0.1) is 0 Å². The van der Waals surface area contributed by atoms with Gasteiger partial charge in [0.25, 0.3) is 0 Å². The maximum Gasteiger partial charge on any atom is 0.397 e. The summed E-state index contributed by atoms with van der Waals surface area (Å²) in [4.78, 5) is 11.0. The quantitative estimate of drug-likeness (QED) is 0.898. The summed E-state index contributed by atoms with van der Waals surface area (Å²) in [5.74, 6) is -1.03. The molecule has 1 aromatic rings. The fraction of sp³-hybridized carbons (Fsp3) is 0.417. The Balaban J connectivity index is 2.56. The van der Waals surface area contributed by atoms with Gasteiger partial charge < -0.3 is 5.32 Å². The van der Waals surface area contributed by atoms with Crippen molar-refractivity contribution in [2.24, 2.45) is 0 Å². The number of carbonyl (C=O) groups is 1. The second-order valence-electron chi connectivity index (χ2n) is 3.85. The minimum Gasteiger partial charge on any atom is -0.352 e. The number of alkyl halides is 3. The standard InChI is InChI=1S/C12H13ClF3NO/c1-2-9-5-8(3-4-10(9)13)7-17-11(18)6-12(14,15)16/h3-5H,2,6-7H2,1H3,(H,17,18). The molecular formula is C12H13ClF3NO. The van der Waals surface area contributed by atoms with Crippen LogP contribution in [0.1, 0.15) is 24.5 Å². The molecule has 0 aliphatic carbocycles. The van der Waals surface area contributed by atoms with Gasteiger partial charge in [-0.1, -0.05) is 30.7 Å². The van der Waals surface area contributed by atoms with E-state index in [1.54, 1.807) is 18.2 Å². The average molecular weight is 280 g/mol. The Labute approximate surface area is 108 Å². The van der Waals surface area contributed by atoms with E-state index in [0.717, 1.165) is 17.5 Å². The lowest BCUT2D eigenvalue weighted by molar-refractivity contribution is -0.153. The molecule has 0 atom stereocenters. The van der Waals surface area contributed by atoms with Crippen molar-refractivity contribution in [1.29, 1.82) is 0 Å². The molecule has 0 saturated carbocycles. The van der Waals surface area contributed by atoms with Gasteiger partial charge in [0.2, 0.25) is 5.91 Å². The van der Waals surface area contributed by atoms with Gasteiger partial charge >= 0.3 is 6.18 Å². The lowest BCUT2D eigenvalue weighted by Gasteiger charge is -2.09. The van der Waals surface area contributed by atoms with Crippen molar-refractivity contribution in [3.05, 3.63) is 34.3 Å². The molecular weight excluding hydrogens is 267 g/mol. The third-order valence-electron chi connectivity index (χ3n) is 2.34. The van der Waals surface area contributed by atoms with E-state index in [0.29, 0.717) is 5.02 Å². The normalized spacial score (nSPS) is 11.4. The molecule has 18 heavy (non-hydrogen) atoms. The van der Waals surface area contributed by atoms with E-state index in [1.165, 1.54) is 0 Å². The van der Waals surface area contributed by atoms with E-state index in [4.69, 9.17) is 11.6 Å². The number of carbonyl (C=O) groups excluding carboxylic acids is 1. The third kappa shape index (κ3) is 4.96. The smallest absolute Gasteiger partial charge is 0.352 e. The zero-order chi connectivity index (χ0) is 13.8. The van der Waals surface area contributed by atoms with Crippen LogP contribution in [0, 0.1) is 0 Å². The van der Waals surface area contributed by atoms with Crippen molar-refractivity contribution < 1.29 is 18.0 Å². The first-order chi connectivity index (χ1) is 8.31. The van der Waals surface area contributed by atoms with Crippen LogP contribution in [0.2, 0.25) is 5.02 Å². The monoisotopic (exact) mass is 279 g/mol. The molecule has 0 aliphatic rings. The van der Waals surface area contributed by atoms with Gasteiger partial charge in [-0.15, -0.1) is 0 Å². The van der Waals surface area contributed by atoms with Crippen molar-refractivity contribution in [1.82, 2.24) is 5.32 Å². The summed E-state index contributed by atoms with van der Waals surface area (Å²) in [6.45, 7) is 1.99. The number of nitrogens with one attached hydrogen (secondary N) is 1. The molecule has 0 heterocycles. The molecule has 1 N–H and O–H groups in total. The summed E-state index contributed by atoms with van der Waals surface area (Å²) < 4.78 is 35.8. The van der Waals surface area contributed by atoms with Crippen molar-refractivity contribution in [3.63, 3.8) is 0 Å². The number of halogens is 4. The number of rotatable bonds is 4. The van der Waals surface area contributed by atoms with E-state index < -0.39 is 18.5 Å². The zero-order valence-electron chi connectivity index (χ0n) is 9.77.